The Labute approximate surface area is 81.8 Å². The van der Waals surface area contributed by atoms with Crippen molar-refractivity contribution in [2.75, 3.05) is 6.61 Å². The Morgan fingerprint density at radius 2 is 2.57 bits per heavy atom. The highest BCUT2D eigenvalue weighted by Crippen LogP contribution is 2.03. The van der Waals surface area contributed by atoms with E-state index < -0.39 is 12.1 Å². The topological polar surface area (TPSA) is 59.7 Å². The monoisotopic (exact) mass is 196 g/mol. The van der Waals surface area contributed by atoms with Crippen LogP contribution in [-0.2, 0) is 9.53 Å². The minimum absolute atomic E-state index is 0.254. The zero-order chi connectivity index (χ0) is 10.4. The van der Waals surface area contributed by atoms with Gasteiger partial charge in [0, 0.05) is 0 Å². The van der Waals surface area contributed by atoms with Crippen molar-refractivity contribution in [1.29, 1.82) is 0 Å². The predicted octanol–water partition coefficient (Wildman–Crippen LogP) is 1.22. The fraction of sp³-hybridized carbons (Fsp3) is 0.300. The highest BCUT2D eigenvalue weighted by molar-refractivity contribution is 5.77. The number of esters is 1. The van der Waals surface area contributed by atoms with E-state index in [2.05, 4.69) is 4.74 Å². The van der Waals surface area contributed by atoms with E-state index in [1.807, 2.05) is 0 Å². The summed E-state index contributed by atoms with van der Waals surface area (Å²) in [5.41, 5.74) is 0. The Morgan fingerprint density at radius 1 is 1.79 bits per heavy atom. The molecule has 0 bridgehead atoms. The average Bonchev–Trinajstić information content (AvgIpc) is 2.67. The van der Waals surface area contributed by atoms with E-state index in [1.165, 1.54) is 18.4 Å². The van der Waals surface area contributed by atoms with Gasteiger partial charge in [-0.15, -0.1) is 0 Å². The number of ether oxygens (including phenoxy) is 1. The molecule has 1 N–H and O–H groups in total. The molecule has 1 aromatic rings. The molecule has 0 aromatic carbocycles. The van der Waals surface area contributed by atoms with Crippen molar-refractivity contribution in [3.05, 3.63) is 30.2 Å². The molecule has 1 rings (SSSR count). The summed E-state index contributed by atoms with van der Waals surface area (Å²) < 4.78 is 9.58. The number of carbonyl (C=O) groups excluding carboxylic acids is 1. The molecule has 0 aliphatic rings. The molecule has 0 saturated heterocycles. The zero-order valence-corrected chi connectivity index (χ0v) is 7.84. The van der Waals surface area contributed by atoms with Crippen LogP contribution in [0.2, 0.25) is 0 Å². The summed E-state index contributed by atoms with van der Waals surface area (Å²) in [7, 11) is 0. The van der Waals surface area contributed by atoms with Gasteiger partial charge in [0.1, 0.15) is 5.76 Å². The first-order valence-corrected chi connectivity index (χ1v) is 4.30. The molecule has 76 valence electrons. The normalized spacial score (nSPS) is 13.0. The van der Waals surface area contributed by atoms with Crippen molar-refractivity contribution in [2.24, 2.45) is 0 Å². The first-order chi connectivity index (χ1) is 6.74. The molecule has 0 radical (unpaired) electrons. The summed E-state index contributed by atoms with van der Waals surface area (Å²) in [6.45, 7) is 1.94. The maximum atomic E-state index is 10.9. The summed E-state index contributed by atoms with van der Waals surface area (Å²) in [6, 6.07) is 3.44. The van der Waals surface area contributed by atoms with Gasteiger partial charge in [0.15, 0.2) is 6.10 Å². The standard InChI is InChI=1S/C10H12O4/c1-2-13-10(12)9(11)6-5-8-4-3-7-14-8/h3-7,9,11H,2H2,1H3/b6-5+/t9-/m0/s1. The lowest BCUT2D eigenvalue weighted by atomic mass is 10.3. The van der Waals surface area contributed by atoms with E-state index in [9.17, 15) is 9.90 Å². The van der Waals surface area contributed by atoms with Crippen molar-refractivity contribution in [3.63, 3.8) is 0 Å². The number of hydrogen-bond acceptors (Lipinski definition) is 4. The fourth-order valence-electron chi connectivity index (χ4n) is 0.878. The Morgan fingerprint density at radius 3 is 3.14 bits per heavy atom. The third kappa shape index (κ3) is 3.06. The summed E-state index contributed by atoms with van der Waals surface area (Å²) in [5.74, 6) is -0.0799. The molecule has 4 heteroatoms. The molecule has 4 nitrogen and oxygen atoms in total. The maximum Gasteiger partial charge on any atom is 0.339 e. The Balaban J connectivity index is 2.47. The molecule has 0 unspecified atom stereocenters. The van der Waals surface area contributed by atoms with E-state index in [0.717, 1.165) is 0 Å². The van der Waals surface area contributed by atoms with Crippen LogP contribution in [0.5, 0.6) is 0 Å². The van der Waals surface area contributed by atoms with Gasteiger partial charge < -0.3 is 14.3 Å². The number of carbonyl (C=O) groups is 1. The number of rotatable bonds is 4. The van der Waals surface area contributed by atoms with E-state index in [0.29, 0.717) is 5.76 Å². The van der Waals surface area contributed by atoms with Crippen molar-refractivity contribution < 1.29 is 19.1 Å². The van der Waals surface area contributed by atoms with Gasteiger partial charge in [-0.3, -0.25) is 0 Å². The van der Waals surface area contributed by atoms with Gasteiger partial charge in [0.05, 0.1) is 12.9 Å². The second kappa shape index (κ2) is 5.24. The quantitative estimate of drug-likeness (QED) is 0.735. The molecular formula is C10H12O4. The van der Waals surface area contributed by atoms with Gasteiger partial charge in [0.25, 0.3) is 0 Å². The Hall–Kier alpha value is -1.55. The summed E-state index contributed by atoms with van der Waals surface area (Å²) in [5, 5.41) is 9.24. The van der Waals surface area contributed by atoms with Gasteiger partial charge in [-0.2, -0.15) is 0 Å². The molecule has 1 aromatic heterocycles. The SMILES string of the molecule is CCOC(=O)[C@@H](O)/C=C/c1ccco1. The first-order valence-electron chi connectivity index (χ1n) is 4.30. The van der Waals surface area contributed by atoms with Crippen LogP contribution in [0, 0.1) is 0 Å². The smallest absolute Gasteiger partial charge is 0.339 e. The second-order valence-corrected chi connectivity index (χ2v) is 2.57. The van der Waals surface area contributed by atoms with Crippen LogP contribution < -0.4 is 0 Å². The number of aliphatic hydroxyl groups excluding tert-OH is 1. The Kier molecular flexibility index (Phi) is 3.94. The van der Waals surface area contributed by atoms with Crippen LogP contribution in [0.25, 0.3) is 6.08 Å². The maximum absolute atomic E-state index is 10.9. The molecule has 0 saturated carbocycles. The molecular weight excluding hydrogens is 184 g/mol. The van der Waals surface area contributed by atoms with E-state index in [-0.39, 0.29) is 6.61 Å². The van der Waals surface area contributed by atoms with Crippen LogP contribution in [0.1, 0.15) is 12.7 Å². The number of furan rings is 1. The van der Waals surface area contributed by atoms with Gasteiger partial charge in [0.2, 0.25) is 0 Å². The van der Waals surface area contributed by atoms with Crippen LogP contribution in [0.4, 0.5) is 0 Å². The van der Waals surface area contributed by atoms with Gasteiger partial charge in [-0.1, -0.05) is 0 Å². The molecule has 0 fully saturated rings. The molecule has 1 atom stereocenters. The zero-order valence-electron chi connectivity index (χ0n) is 7.84. The van der Waals surface area contributed by atoms with Crippen molar-refractivity contribution in [2.45, 2.75) is 13.0 Å². The van der Waals surface area contributed by atoms with E-state index in [4.69, 9.17) is 4.42 Å². The summed E-state index contributed by atoms with van der Waals surface area (Å²) >= 11 is 0. The third-order valence-electron chi connectivity index (χ3n) is 1.51. The first kappa shape index (κ1) is 10.5. The molecule has 0 amide bonds. The van der Waals surface area contributed by atoms with Crippen molar-refractivity contribution in [3.8, 4) is 0 Å². The minimum atomic E-state index is -1.24. The molecule has 0 aliphatic carbocycles. The third-order valence-corrected chi connectivity index (χ3v) is 1.51. The van der Waals surface area contributed by atoms with Crippen LogP contribution >= 0.6 is 0 Å². The van der Waals surface area contributed by atoms with Gasteiger partial charge >= 0.3 is 5.97 Å². The molecule has 1 heterocycles. The average molecular weight is 196 g/mol. The predicted molar refractivity (Wildman–Crippen MR) is 50.4 cm³/mol. The van der Waals surface area contributed by atoms with Crippen LogP contribution in [0.15, 0.2) is 28.9 Å². The molecule has 14 heavy (non-hydrogen) atoms. The van der Waals surface area contributed by atoms with Gasteiger partial charge in [-0.25, -0.2) is 4.79 Å². The lowest BCUT2D eigenvalue weighted by molar-refractivity contribution is -0.150. The highest BCUT2D eigenvalue weighted by atomic mass is 16.5. The largest absolute Gasteiger partial charge is 0.465 e. The number of hydrogen-bond donors (Lipinski definition) is 1. The summed E-state index contributed by atoms with van der Waals surface area (Å²) in [4.78, 5) is 10.9. The van der Waals surface area contributed by atoms with E-state index in [1.54, 1.807) is 19.1 Å². The van der Waals surface area contributed by atoms with Crippen molar-refractivity contribution in [1.82, 2.24) is 0 Å². The minimum Gasteiger partial charge on any atom is -0.465 e. The summed E-state index contributed by atoms with van der Waals surface area (Å²) in [6.07, 6.45) is 3.11. The van der Waals surface area contributed by atoms with Crippen LogP contribution in [0.3, 0.4) is 0 Å². The molecule has 0 spiro atoms. The lowest BCUT2D eigenvalue weighted by Crippen LogP contribution is -2.20. The second-order valence-electron chi connectivity index (χ2n) is 2.57. The van der Waals surface area contributed by atoms with Crippen molar-refractivity contribution >= 4 is 12.0 Å². The van der Waals surface area contributed by atoms with E-state index >= 15 is 0 Å². The number of aliphatic hydroxyl groups is 1. The highest BCUT2D eigenvalue weighted by Gasteiger charge is 2.11. The Bertz CT molecular complexity index is 300. The van der Waals surface area contributed by atoms with Gasteiger partial charge in [-0.05, 0) is 31.2 Å². The molecule has 0 aliphatic heterocycles. The van der Waals surface area contributed by atoms with Crippen LogP contribution in [-0.4, -0.2) is 23.8 Å². The fourth-order valence-corrected chi connectivity index (χ4v) is 0.878. The lowest BCUT2D eigenvalue weighted by Gasteiger charge is -2.03.